The molecule has 0 spiro atoms. The number of hydrogen-bond donors (Lipinski definition) is 1. The highest BCUT2D eigenvalue weighted by molar-refractivity contribution is 7.89. The van der Waals surface area contributed by atoms with Gasteiger partial charge in [0.05, 0.1) is 17.7 Å². The van der Waals surface area contributed by atoms with Gasteiger partial charge in [-0.1, -0.05) is 78.3 Å². The standard InChI is InChI=1S/C30H28ClN3O4S/c1-23-9-5-6-13-26(23)20-34(39(36,37)28-17-15-27(31)16-18-28)21-30(35)33-32-19-25-12-7-8-14-29(25)38-22-24-10-3-2-4-11-24/h2-19H,20-22H2,1H3,(H,33,35)/b32-19-. The highest BCUT2D eigenvalue weighted by Gasteiger charge is 2.27. The fourth-order valence-electron chi connectivity index (χ4n) is 3.78. The van der Waals surface area contributed by atoms with Gasteiger partial charge in [-0.05, 0) is 60.0 Å². The van der Waals surface area contributed by atoms with Crippen molar-refractivity contribution in [3.63, 3.8) is 0 Å². The van der Waals surface area contributed by atoms with Crippen LogP contribution in [0.25, 0.3) is 0 Å². The molecule has 0 fully saturated rings. The number of nitrogens with one attached hydrogen (secondary N) is 1. The molecular weight excluding hydrogens is 534 g/mol. The summed E-state index contributed by atoms with van der Waals surface area (Å²) in [7, 11) is -4.00. The van der Waals surface area contributed by atoms with Crippen LogP contribution < -0.4 is 10.2 Å². The van der Waals surface area contributed by atoms with Gasteiger partial charge in [0.15, 0.2) is 0 Å². The Morgan fingerprint density at radius 3 is 2.33 bits per heavy atom. The van der Waals surface area contributed by atoms with Crippen LogP contribution in [0.1, 0.15) is 22.3 Å². The number of para-hydroxylation sites is 1. The molecule has 0 aliphatic heterocycles. The highest BCUT2D eigenvalue weighted by atomic mass is 35.5. The van der Waals surface area contributed by atoms with Gasteiger partial charge in [-0.15, -0.1) is 0 Å². The molecule has 0 saturated carbocycles. The predicted octanol–water partition coefficient (Wildman–Crippen LogP) is 5.57. The Kier molecular flexibility index (Phi) is 9.49. The van der Waals surface area contributed by atoms with Crippen LogP contribution in [0.15, 0.2) is 113 Å². The molecule has 39 heavy (non-hydrogen) atoms. The topological polar surface area (TPSA) is 88.1 Å². The van der Waals surface area contributed by atoms with Gasteiger partial charge < -0.3 is 4.74 Å². The molecule has 4 rings (SSSR count). The lowest BCUT2D eigenvalue weighted by atomic mass is 10.1. The van der Waals surface area contributed by atoms with E-state index in [1.54, 1.807) is 0 Å². The van der Waals surface area contributed by atoms with E-state index in [1.807, 2.05) is 85.8 Å². The largest absolute Gasteiger partial charge is 0.488 e. The van der Waals surface area contributed by atoms with Gasteiger partial charge in [0.25, 0.3) is 5.91 Å². The van der Waals surface area contributed by atoms with E-state index in [4.69, 9.17) is 16.3 Å². The van der Waals surface area contributed by atoms with Crippen molar-refractivity contribution in [2.24, 2.45) is 5.10 Å². The van der Waals surface area contributed by atoms with Crippen molar-refractivity contribution in [3.8, 4) is 5.75 Å². The Bertz CT molecular complexity index is 1540. The molecule has 0 saturated heterocycles. The molecule has 0 heterocycles. The number of carbonyl (C=O) groups is 1. The minimum absolute atomic E-state index is 0.0188. The highest BCUT2D eigenvalue weighted by Crippen LogP contribution is 2.22. The van der Waals surface area contributed by atoms with E-state index in [1.165, 1.54) is 30.5 Å². The fourth-order valence-corrected chi connectivity index (χ4v) is 5.28. The summed E-state index contributed by atoms with van der Waals surface area (Å²) in [4.78, 5) is 12.9. The minimum Gasteiger partial charge on any atom is -0.488 e. The van der Waals surface area contributed by atoms with E-state index < -0.39 is 22.5 Å². The average Bonchev–Trinajstić information content (AvgIpc) is 2.94. The smallest absolute Gasteiger partial charge is 0.255 e. The normalized spacial score (nSPS) is 11.6. The Hall–Kier alpha value is -3.98. The Morgan fingerprint density at radius 2 is 1.59 bits per heavy atom. The molecule has 4 aromatic carbocycles. The van der Waals surface area contributed by atoms with Crippen LogP contribution in [-0.2, 0) is 28.0 Å². The summed E-state index contributed by atoms with van der Waals surface area (Å²) < 4.78 is 34.0. The summed E-state index contributed by atoms with van der Waals surface area (Å²) in [5.74, 6) is 0.0194. The van der Waals surface area contributed by atoms with Gasteiger partial charge in [-0.2, -0.15) is 9.41 Å². The van der Waals surface area contributed by atoms with E-state index in [0.717, 1.165) is 21.0 Å². The summed E-state index contributed by atoms with van der Waals surface area (Å²) in [5, 5.41) is 4.47. The zero-order valence-electron chi connectivity index (χ0n) is 21.3. The molecule has 0 aromatic heterocycles. The van der Waals surface area contributed by atoms with Crippen LogP contribution in [0, 0.1) is 6.92 Å². The van der Waals surface area contributed by atoms with Crippen LogP contribution in [0.3, 0.4) is 0 Å². The fraction of sp³-hybridized carbons (Fsp3) is 0.133. The summed E-state index contributed by atoms with van der Waals surface area (Å²) in [6, 6.07) is 30.4. The first-order valence-electron chi connectivity index (χ1n) is 12.2. The molecule has 0 unspecified atom stereocenters. The predicted molar refractivity (Wildman–Crippen MR) is 153 cm³/mol. The first kappa shape index (κ1) is 28.0. The van der Waals surface area contributed by atoms with Crippen molar-refractivity contribution in [3.05, 3.63) is 130 Å². The molecular formula is C30H28ClN3O4S. The number of halogens is 1. The van der Waals surface area contributed by atoms with Crippen LogP contribution in [-0.4, -0.2) is 31.4 Å². The van der Waals surface area contributed by atoms with E-state index in [0.29, 0.717) is 22.9 Å². The minimum atomic E-state index is -4.00. The number of aryl methyl sites for hydroxylation is 1. The van der Waals surface area contributed by atoms with E-state index in [2.05, 4.69) is 10.5 Å². The second-order valence-corrected chi connectivity index (χ2v) is 11.1. The molecule has 9 heteroatoms. The van der Waals surface area contributed by atoms with Crippen molar-refractivity contribution in [1.29, 1.82) is 0 Å². The lowest BCUT2D eigenvalue weighted by Gasteiger charge is -2.22. The number of amides is 1. The number of sulfonamides is 1. The number of hydrazone groups is 1. The summed E-state index contributed by atoms with van der Waals surface area (Å²) in [5.41, 5.74) is 5.83. The van der Waals surface area contributed by atoms with Gasteiger partial charge in [0, 0.05) is 17.1 Å². The number of rotatable bonds is 11. The first-order valence-corrected chi connectivity index (χ1v) is 14.0. The molecule has 4 aromatic rings. The van der Waals surface area contributed by atoms with Gasteiger partial charge in [0.2, 0.25) is 10.0 Å². The number of ether oxygens (including phenoxy) is 1. The van der Waals surface area contributed by atoms with Crippen molar-refractivity contribution in [2.45, 2.75) is 25.0 Å². The summed E-state index contributed by atoms with van der Waals surface area (Å²) >= 11 is 5.95. The SMILES string of the molecule is Cc1ccccc1CN(CC(=O)N/N=C\c1ccccc1OCc1ccccc1)S(=O)(=O)c1ccc(Cl)cc1. The molecule has 0 radical (unpaired) electrons. The molecule has 0 bridgehead atoms. The molecule has 7 nitrogen and oxygen atoms in total. The molecule has 0 aliphatic carbocycles. The second-order valence-electron chi connectivity index (χ2n) is 8.76. The molecule has 0 atom stereocenters. The lowest BCUT2D eigenvalue weighted by molar-refractivity contribution is -0.121. The Morgan fingerprint density at radius 1 is 0.923 bits per heavy atom. The maximum absolute atomic E-state index is 13.5. The monoisotopic (exact) mass is 561 g/mol. The third-order valence-corrected chi connectivity index (χ3v) is 7.99. The van der Waals surface area contributed by atoms with Crippen LogP contribution >= 0.6 is 11.6 Å². The first-order chi connectivity index (χ1) is 18.8. The summed E-state index contributed by atoms with van der Waals surface area (Å²) in [6.07, 6.45) is 1.47. The average molecular weight is 562 g/mol. The number of carbonyl (C=O) groups excluding carboxylic acids is 1. The van der Waals surface area contributed by atoms with Crippen molar-refractivity contribution < 1.29 is 17.9 Å². The van der Waals surface area contributed by atoms with E-state index >= 15 is 0 Å². The van der Waals surface area contributed by atoms with Gasteiger partial charge >= 0.3 is 0 Å². The van der Waals surface area contributed by atoms with E-state index in [9.17, 15) is 13.2 Å². The van der Waals surface area contributed by atoms with Gasteiger partial charge in [-0.3, -0.25) is 4.79 Å². The number of hydrogen-bond acceptors (Lipinski definition) is 5. The molecule has 1 N–H and O–H groups in total. The van der Waals surface area contributed by atoms with Crippen LogP contribution in [0.4, 0.5) is 0 Å². The second kappa shape index (κ2) is 13.2. The Balaban J connectivity index is 1.47. The third-order valence-electron chi connectivity index (χ3n) is 5.93. The van der Waals surface area contributed by atoms with Crippen molar-refractivity contribution in [2.75, 3.05) is 6.54 Å². The van der Waals surface area contributed by atoms with Crippen LogP contribution in [0.2, 0.25) is 5.02 Å². The molecule has 0 aliphatic rings. The molecule has 1 amide bonds. The maximum Gasteiger partial charge on any atom is 0.255 e. The third kappa shape index (κ3) is 7.77. The zero-order chi connectivity index (χ0) is 27.7. The number of nitrogens with zero attached hydrogens (tertiary/aromatic N) is 2. The number of benzene rings is 4. The quantitative estimate of drug-likeness (QED) is 0.192. The zero-order valence-corrected chi connectivity index (χ0v) is 22.9. The maximum atomic E-state index is 13.5. The molecule has 200 valence electrons. The van der Waals surface area contributed by atoms with Crippen molar-refractivity contribution >= 4 is 33.7 Å². The van der Waals surface area contributed by atoms with E-state index in [-0.39, 0.29) is 11.4 Å². The summed E-state index contributed by atoms with van der Waals surface area (Å²) in [6.45, 7) is 1.87. The Labute approximate surface area is 233 Å². The van der Waals surface area contributed by atoms with Gasteiger partial charge in [0.1, 0.15) is 12.4 Å². The van der Waals surface area contributed by atoms with Crippen molar-refractivity contribution in [1.82, 2.24) is 9.73 Å². The lowest BCUT2D eigenvalue weighted by Crippen LogP contribution is -2.39. The van der Waals surface area contributed by atoms with Crippen LogP contribution in [0.5, 0.6) is 5.75 Å². The van der Waals surface area contributed by atoms with Gasteiger partial charge in [-0.25, -0.2) is 13.8 Å².